The van der Waals surface area contributed by atoms with E-state index in [2.05, 4.69) is 25.3 Å². The quantitative estimate of drug-likeness (QED) is 0.524. The molecule has 0 radical (unpaired) electrons. The Hall–Kier alpha value is -2.69. The molecule has 3 rings (SSSR count). The van der Waals surface area contributed by atoms with E-state index in [-0.39, 0.29) is 16.6 Å². The molecule has 29 heavy (non-hydrogen) atoms. The number of anilines is 3. The number of thiophene rings is 1. The first kappa shape index (κ1) is 21.0. The summed E-state index contributed by atoms with van der Waals surface area (Å²) >= 11 is 7.35. The highest BCUT2D eigenvalue weighted by Crippen LogP contribution is 2.30. The third-order valence-corrected chi connectivity index (χ3v) is 5.66. The van der Waals surface area contributed by atoms with Crippen LogP contribution in [0.15, 0.2) is 36.7 Å². The number of hydrogen-bond donors (Lipinski definition) is 3. The minimum absolute atomic E-state index is 0.261. The highest BCUT2D eigenvalue weighted by molar-refractivity contribution is 7.92. The Balaban J connectivity index is 1.83. The van der Waals surface area contributed by atoms with Gasteiger partial charge in [0.05, 0.1) is 34.9 Å². The predicted molar refractivity (Wildman–Crippen MR) is 118 cm³/mol. The molecular formula is C18H18ClN5O3S2. The van der Waals surface area contributed by atoms with E-state index in [4.69, 9.17) is 11.6 Å². The van der Waals surface area contributed by atoms with Crippen molar-refractivity contribution in [2.75, 3.05) is 28.7 Å². The number of nitrogens with one attached hydrogen (secondary N) is 3. The van der Waals surface area contributed by atoms with Crippen molar-refractivity contribution in [1.82, 2.24) is 9.97 Å². The maximum absolute atomic E-state index is 12.7. The van der Waals surface area contributed by atoms with E-state index >= 15 is 0 Å². The highest BCUT2D eigenvalue weighted by atomic mass is 35.5. The topological polar surface area (TPSA) is 113 Å². The van der Waals surface area contributed by atoms with Crippen molar-refractivity contribution < 1.29 is 13.2 Å². The van der Waals surface area contributed by atoms with Gasteiger partial charge in [-0.3, -0.25) is 9.52 Å². The molecule has 1 aromatic carbocycles. The smallest absolute Gasteiger partial charge is 0.265 e. The largest absolute Gasteiger partial charge is 0.386 e. The Morgan fingerprint density at radius 1 is 1.07 bits per heavy atom. The fraction of sp³-hybridized carbons (Fsp3) is 0.167. The molecular weight excluding hydrogens is 434 g/mol. The molecule has 0 aliphatic rings. The summed E-state index contributed by atoms with van der Waals surface area (Å²) in [5, 5.41) is 5.98. The predicted octanol–water partition coefficient (Wildman–Crippen LogP) is 3.83. The number of aromatic nitrogens is 2. The summed E-state index contributed by atoms with van der Waals surface area (Å²) in [6.45, 7) is 1.89. The van der Waals surface area contributed by atoms with E-state index in [0.717, 1.165) is 22.4 Å². The van der Waals surface area contributed by atoms with Crippen LogP contribution < -0.4 is 15.4 Å². The number of benzene rings is 1. The van der Waals surface area contributed by atoms with Crippen molar-refractivity contribution in [1.29, 1.82) is 0 Å². The van der Waals surface area contributed by atoms with Crippen molar-refractivity contribution in [3.63, 3.8) is 0 Å². The van der Waals surface area contributed by atoms with Crippen LogP contribution in [0.3, 0.4) is 0 Å². The van der Waals surface area contributed by atoms with E-state index in [9.17, 15) is 13.2 Å². The van der Waals surface area contributed by atoms with Gasteiger partial charge in [0.2, 0.25) is 10.0 Å². The van der Waals surface area contributed by atoms with Gasteiger partial charge in [0.1, 0.15) is 0 Å². The van der Waals surface area contributed by atoms with Crippen LogP contribution in [0.1, 0.15) is 14.5 Å². The van der Waals surface area contributed by atoms with Crippen molar-refractivity contribution >= 4 is 55.9 Å². The van der Waals surface area contributed by atoms with E-state index in [1.165, 1.54) is 29.5 Å². The average molecular weight is 452 g/mol. The Bertz CT molecular complexity index is 1160. The van der Waals surface area contributed by atoms with Crippen molar-refractivity contribution in [2.45, 2.75) is 6.92 Å². The summed E-state index contributed by atoms with van der Waals surface area (Å²) in [4.78, 5) is 22.7. The Morgan fingerprint density at radius 2 is 1.72 bits per heavy atom. The number of sulfonamides is 1. The molecule has 0 bridgehead atoms. The number of halogens is 1. The molecule has 0 saturated heterocycles. The number of amides is 1. The molecule has 11 heteroatoms. The molecule has 0 atom stereocenters. The molecule has 0 saturated carbocycles. The first-order valence-electron chi connectivity index (χ1n) is 8.35. The molecule has 0 spiro atoms. The third kappa shape index (κ3) is 5.43. The number of nitrogens with zero attached hydrogens (tertiary/aromatic N) is 2. The lowest BCUT2D eigenvalue weighted by Gasteiger charge is -2.09. The van der Waals surface area contributed by atoms with Crippen LogP contribution >= 0.6 is 22.9 Å². The van der Waals surface area contributed by atoms with Crippen molar-refractivity contribution in [3.8, 4) is 11.4 Å². The SMILES string of the molecule is CNc1cnc(-c2cc(C(=O)Nc3cc(Cl)cc(NS(C)(=O)=O)c3)sc2C)nc1. The molecule has 0 aliphatic heterocycles. The minimum Gasteiger partial charge on any atom is -0.386 e. The Labute approximate surface area is 177 Å². The maximum Gasteiger partial charge on any atom is 0.265 e. The molecule has 152 valence electrons. The second kappa shape index (κ2) is 8.36. The average Bonchev–Trinajstić information content (AvgIpc) is 3.01. The van der Waals surface area contributed by atoms with Gasteiger partial charge in [0, 0.05) is 28.2 Å². The maximum atomic E-state index is 12.7. The molecule has 2 heterocycles. The lowest BCUT2D eigenvalue weighted by Crippen LogP contribution is -2.12. The van der Waals surface area contributed by atoms with Gasteiger partial charge in [-0.05, 0) is 31.2 Å². The second-order valence-corrected chi connectivity index (χ2v) is 9.62. The van der Waals surface area contributed by atoms with Crippen LogP contribution in [0.5, 0.6) is 0 Å². The summed E-state index contributed by atoms with van der Waals surface area (Å²) in [6.07, 6.45) is 4.37. The van der Waals surface area contributed by atoms with Crippen LogP contribution in [-0.2, 0) is 10.0 Å². The van der Waals surface area contributed by atoms with Crippen LogP contribution in [0.4, 0.5) is 17.1 Å². The third-order valence-electron chi connectivity index (χ3n) is 3.78. The summed E-state index contributed by atoms with van der Waals surface area (Å²) < 4.78 is 25.2. The second-order valence-electron chi connectivity index (χ2n) is 6.18. The minimum atomic E-state index is -3.47. The normalized spacial score (nSPS) is 11.2. The summed E-state index contributed by atoms with van der Waals surface area (Å²) in [7, 11) is -1.69. The van der Waals surface area contributed by atoms with Crippen molar-refractivity contribution in [3.05, 3.63) is 51.4 Å². The molecule has 3 N–H and O–H groups in total. The molecule has 2 aromatic heterocycles. The molecule has 1 amide bonds. The van der Waals surface area contributed by atoms with E-state index in [1.54, 1.807) is 25.5 Å². The zero-order valence-corrected chi connectivity index (χ0v) is 18.2. The van der Waals surface area contributed by atoms with E-state index < -0.39 is 10.0 Å². The fourth-order valence-electron chi connectivity index (χ4n) is 2.54. The number of hydrogen-bond acceptors (Lipinski definition) is 7. The van der Waals surface area contributed by atoms with Gasteiger partial charge in [-0.25, -0.2) is 18.4 Å². The van der Waals surface area contributed by atoms with Gasteiger partial charge in [0.25, 0.3) is 5.91 Å². The lowest BCUT2D eigenvalue weighted by molar-refractivity contribution is 0.103. The summed E-state index contributed by atoms with van der Waals surface area (Å²) in [5.74, 6) is 0.183. The lowest BCUT2D eigenvalue weighted by atomic mass is 10.2. The van der Waals surface area contributed by atoms with E-state index in [0.29, 0.717) is 16.4 Å². The van der Waals surface area contributed by atoms with Gasteiger partial charge >= 0.3 is 0 Å². The van der Waals surface area contributed by atoms with Gasteiger partial charge < -0.3 is 10.6 Å². The summed E-state index contributed by atoms with van der Waals surface area (Å²) in [5.41, 5.74) is 2.19. The van der Waals surface area contributed by atoms with E-state index in [1.807, 2.05) is 6.92 Å². The molecule has 8 nitrogen and oxygen atoms in total. The Kier molecular flexibility index (Phi) is 6.06. The standard InChI is InChI=1S/C18H18ClN5O3S2/c1-10-15(17-21-8-14(20-2)9-22-17)7-16(28-10)18(25)23-12-4-11(19)5-13(6-12)24-29(3,26)27/h4-9,20,24H,1-3H3,(H,23,25). The first-order chi connectivity index (χ1) is 13.6. The molecule has 0 aliphatic carbocycles. The van der Waals surface area contributed by atoms with Gasteiger partial charge in [-0.15, -0.1) is 11.3 Å². The molecule has 3 aromatic rings. The van der Waals surface area contributed by atoms with Gasteiger partial charge in [0.15, 0.2) is 5.82 Å². The number of carbonyl (C=O) groups excluding carboxylic acids is 1. The zero-order chi connectivity index (χ0) is 21.2. The number of aryl methyl sites for hydroxylation is 1. The van der Waals surface area contributed by atoms with Gasteiger partial charge in [-0.1, -0.05) is 11.6 Å². The number of rotatable bonds is 6. The van der Waals surface area contributed by atoms with Gasteiger partial charge in [-0.2, -0.15) is 0 Å². The Morgan fingerprint density at radius 3 is 2.34 bits per heavy atom. The summed E-state index contributed by atoms with van der Waals surface area (Å²) in [6, 6.07) is 6.21. The van der Waals surface area contributed by atoms with Crippen LogP contribution in [-0.4, -0.2) is 37.6 Å². The van der Waals surface area contributed by atoms with Crippen molar-refractivity contribution in [2.24, 2.45) is 0 Å². The molecule has 0 fully saturated rings. The molecule has 0 unspecified atom stereocenters. The fourth-order valence-corrected chi connectivity index (χ4v) is 4.23. The first-order valence-corrected chi connectivity index (χ1v) is 11.4. The zero-order valence-electron chi connectivity index (χ0n) is 15.8. The monoisotopic (exact) mass is 451 g/mol. The number of carbonyl (C=O) groups is 1. The van der Waals surface area contributed by atoms with Crippen LogP contribution in [0.2, 0.25) is 5.02 Å². The van der Waals surface area contributed by atoms with Crippen LogP contribution in [0, 0.1) is 6.92 Å². The van der Waals surface area contributed by atoms with Crippen LogP contribution in [0.25, 0.3) is 11.4 Å². The highest BCUT2D eigenvalue weighted by Gasteiger charge is 2.16.